The number of amides is 1. The van der Waals surface area contributed by atoms with Gasteiger partial charge in [-0.15, -0.1) is 0 Å². The number of fused-ring (bicyclic) bond motifs is 1. The molecule has 0 atom stereocenters. The lowest BCUT2D eigenvalue weighted by Crippen LogP contribution is -2.36. The van der Waals surface area contributed by atoms with E-state index >= 15 is 0 Å². The number of rotatable bonds is 4. The number of carbonyl (C=O) groups is 1. The highest BCUT2D eigenvalue weighted by Gasteiger charge is 2.16. The number of carbonyl (C=O) groups excluding carboxylic acids is 1. The lowest BCUT2D eigenvalue weighted by atomic mass is 10.1. The average Bonchev–Trinajstić information content (AvgIpc) is 2.44. The van der Waals surface area contributed by atoms with Gasteiger partial charge in [-0.25, -0.2) is 13.1 Å². The molecular weight excluding hydrogens is 276 g/mol. The number of hydrogen-bond acceptors (Lipinski definition) is 3. The Morgan fingerprint density at radius 3 is 2.40 bits per heavy atom. The fraction of sp³-hybridized carbons (Fsp3) is 0.214. The second-order valence-corrected chi connectivity index (χ2v) is 6.39. The minimum Gasteiger partial charge on any atom is -0.348 e. The van der Waals surface area contributed by atoms with Crippen LogP contribution in [0, 0.1) is 0 Å². The SMILES string of the molecule is CN(C)C(=O)CNS(=O)(=O)c1ccc2ccccc2c1. The monoisotopic (exact) mass is 292 g/mol. The second kappa shape index (κ2) is 5.60. The van der Waals surface area contributed by atoms with Gasteiger partial charge in [-0.05, 0) is 22.9 Å². The fourth-order valence-corrected chi connectivity index (χ4v) is 2.74. The van der Waals surface area contributed by atoms with E-state index in [9.17, 15) is 13.2 Å². The summed E-state index contributed by atoms with van der Waals surface area (Å²) in [6, 6.07) is 12.4. The van der Waals surface area contributed by atoms with Crippen molar-refractivity contribution in [2.75, 3.05) is 20.6 Å². The van der Waals surface area contributed by atoms with Crippen LogP contribution in [0.3, 0.4) is 0 Å². The van der Waals surface area contributed by atoms with Crippen molar-refractivity contribution in [3.63, 3.8) is 0 Å². The summed E-state index contributed by atoms with van der Waals surface area (Å²) in [6.07, 6.45) is 0. The van der Waals surface area contributed by atoms with Crippen molar-refractivity contribution < 1.29 is 13.2 Å². The Balaban J connectivity index is 2.25. The van der Waals surface area contributed by atoms with E-state index in [4.69, 9.17) is 0 Å². The van der Waals surface area contributed by atoms with Crippen molar-refractivity contribution >= 4 is 26.7 Å². The van der Waals surface area contributed by atoms with E-state index in [-0.39, 0.29) is 17.3 Å². The van der Waals surface area contributed by atoms with Crippen molar-refractivity contribution in [3.05, 3.63) is 42.5 Å². The molecule has 0 heterocycles. The topological polar surface area (TPSA) is 66.5 Å². The lowest BCUT2D eigenvalue weighted by Gasteiger charge is -2.11. The van der Waals surface area contributed by atoms with Crippen molar-refractivity contribution in [1.29, 1.82) is 0 Å². The third-order valence-electron chi connectivity index (χ3n) is 2.94. The van der Waals surface area contributed by atoms with Gasteiger partial charge >= 0.3 is 0 Å². The zero-order valence-electron chi connectivity index (χ0n) is 11.3. The van der Waals surface area contributed by atoms with Gasteiger partial charge in [0.25, 0.3) is 0 Å². The zero-order chi connectivity index (χ0) is 14.8. The zero-order valence-corrected chi connectivity index (χ0v) is 12.1. The number of likely N-dealkylation sites (N-methyl/N-ethyl adjacent to an activating group) is 1. The molecule has 2 aromatic carbocycles. The normalized spacial score (nSPS) is 11.5. The van der Waals surface area contributed by atoms with Crippen molar-refractivity contribution in [2.24, 2.45) is 0 Å². The molecule has 0 saturated carbocycles. The summed E-state index contributed by atoms with van der Waals surface area (Å²) in [5.74, 6) is -0.297. The molecule has 1 amide bonds. The minimum absolute atomic E-state index is 0.155. The van der Waals surface area contributed by atoms with Gasteiger partial charge in [0.15, 0.2) is 0 Å². The fourth-order valence-electron chi connectivity index (χ4n) is 1.73. The Hall–Kier alpha value is -1.92. The quantitative estimate of drug-likeness (QED) is 0.921. The van der Waals surface area contributed by atoms with Gasteiger partial charge in [-0.3, -0.25) is 4.79 Å². The molecule has 0 aliphatic heterocycles. The Kier molecular flexibility index (Phi) is 4.06. The number of hydrogen-bond donors (Lipinski definition) is 1. The molecule has 0 fully saturated rings. The van der Waals surface area contributed by atoms with Crippen LogP contribution >= 0.6 is 0 Å². The van der Waals surface area contributed by atoms with Gasteiger partial charge in [0.05, 0.1) is 11.4 Å². The van der Waals surface area contributed by atoms with Crippen LogP contribution in [-0.2, 0) is 14.8 Å². The molecule has 2 aromatic rings. The lowest BCUT2D eigenvalue weighted by molar-refractivity contribution is -0.127. The van der Waals surface area contributed by atoms with E-state index in [1.165, 1.54) is 11.0 Å². The molecule has 0 aliphatic carbocycles. The molecule has 5 nitrogen and oxygen atoms in total. The van der Waals surface area contributed by atoms with Crippen LogP contribution in [0.4, 0.5) is 0 Å². The molecule has 0 saturated heterocycles. The first-order valence-electron chi connectivity index (χ1n) is 6.09. The molecule has 0 aromatic heterocycles. The van der Waals surface area contributed by atoms with E-state index in [0.717, 1.165) is 10.8 Å². The van der Waals surface area contributed by atoms with Crippen LogP contribution in [-0.4, -0.2) is 39.9 Å². The molecule has 0 spiro atoms. The maximum absolute atomic E-state index is 12.1. The summed E-state index contributed by atoms with van der Waals surface area (Å²) in [5, 5.41) is 1.81. The van der Waals surface area contributed by atoms with Crippen molar-refractivity contribution in [1.82, 2.24) is 9.62 Å². The van der Waals surface area contributed by atoms with Gasteiger partial charge < -0.3 is 4.90 Å². The largest absolute Gasteiger partial charge is 0.348 e. The summed E-state index contributed by atoms with van der Waals surface area (Å²) in [6.45, 7) is -0.248. The predicted molar refractivity (Wildman–Crippen MR) is 77.8 cm³/mol. The van der Waals surface area contributed by atoms with Gasteiger partial charge in [0, 0.05) is 14.1 Å². The average molecular weight is 292 g/mol. The highest BCUT2D eigenvalue weighted by atomic mass is 32.2. The van der Waals surface area contributed by atoms with E-state index in [1.807, 2.05) is 24.3 Å². The van der Waals surface area contributed by atoms with Gasteiger partial charge in [-0.1, -0.05) is 30.3 Å². The van der Waals surface area contributed by atoms with Crippen LogP contribution < -0.4 is 4.72 Å². The van der Waals surface area contributed by atoms with Crippen LogP contribution in [0.15, 0.2) is 47.4 Å². The molecule has 6 heteroatoms. The Labute approximate surface area is 118 Å². The van der Waals surface area contributed by atoms with Gasteiger partial charge in [0.2, 0.25) is 15.9 Å². The first kappa shape index (κ1) is 14.5. The molecule has 0 radical (unpaired) electrons. The number of sulfonamides is 1. The number of benzene rings is 2. The maximum atomic E-state index is 12.1. The molecule has 0 unspecified atom stereocenters. The smallest absolute Gasteiger partial charge is 0.241 e. The van der Waals surface area contributed by atoms with E-state index in [0.29, 0.717) is 0 Å². The Morgan fingerprint density at radius 1 is 1.10 bits per heavy atom. The predicted octanol–water partition coefficient (Wildman–Crippen LogP) is 1.21. The van der Waals surface area contributed by atoms with Crippen molar-refractivity contribution in [3.8, 4) is 0 Å². The molecule has 106 valence electrons. The first-order valence-corrected chi connectivity index (χ1v) is 7.57. The third-order valence-corrected chi connectivity index (χ3v) is 4.34. The molecule has 1 N–H and O–H groups in total. The van der Waals surface area contributed by atoms with Crippen LogP contribution in [0.2, 0.25) is 0 Å². The Bertz CT molecular complexity index is 739. The van der Waals surface area contributed by atoms with Crippen LogP contribution in [0.1, 0.15) is 0 Å². The van der Waals surface area contributed by atoms with Crippen molar-refractivity contribution in [2.45, 2.75) is 4.90 Å². The van der Waals surface area contributed by atoms with Crippen LogP contribution in [0.5, 0.6) is 0 Å². The minimum atomic E-state index is -3.68. The summed E-state index contributed by atoms with van der Waals surface area (Å²) < 4.78 is 26.5. The number of nitrogens with zero attached hydrogens (tertiary/aromatic N) is 1. The summed E-state index contributed by atoms with van der Waals surface area (Å²) in [7, 11) is -0.526. The highest BCUT2D eigenvalue weighted by Crippen LogP contribution is 2.18. The molecule has 20 heavy (non-hydrogen) atoms. The standard InChI is InChI=1S/C14H16N2O3S/c1-16(2)14(17)10-15-20(18,19)13-8-7-11-5-3-4-6-12(11)9-13/h3-9,15H,10H2,1-2H3. The van der Waals surface area contributed by atoms with E-state index in [2.05, 4.69) is 4.72 Å². The highest BCUT2D eigenvalue weighted by molar-refractivity contribution is 7.89. The summed E-state index contributed by atoms with van der Waals surface area (Å²) in [5.41, 5.74) is 0. The molecular formula is C14H16N2O3S. The Morgan fingerprint density at radius 2 is 1.75 bits per heavy atom. The van der Waals surface area contributed by atoms with Crippen LogP contribution in [0.25, 0.3) is 10.8 Å². The second-order valence-electron chi connectivity index (χ2n) is 4.62. The summed E-state index contributed by atoms with van der Waals surface area (Å²) >= 11 is 0. The molecule has 0 aliphatic rings. The first-order chi connectivity index (χ1) is 9.40. The summed E-state index contributed by atoms with van der Waals surface area (Å²) in [4.78, 5) is 12.9. The third kappa shape index (κ3) is 3.15. The number of nitrogens with one attached hydrogen (secondary N) is 1. The molecule has 0 bridgehead atoms. The van der Waals surface area contributed by atoms with E-state index in [1.54, 1.807) is 26.2 Å². The maximum Gasteiger partial charge on any atom is 0.241 e. The van der Waals surface area contributed by atoms with Gasteiger partial charge in [-0.2, -0.15) is 0 Å². The van der Waals surface area contributed by atoms with Gasteiger partial charge in [0.1, 0.15) is 0 Å². The molecule has 2 rings (SSSR count). The van der Waals surface area contributed by atoms with E-state index < -0.39 is 10.0 Å².